The van der Waals surface area contributed by atoms with Gasteiger partial charge in [0.05, 0.1) is 12.6 Å². The Kier molecular flexibility index (Phi) is 3.49. The summed E-state index contributed by atoms with van der Waals surface area (Å²) < 4.78 is 0. The van der Waals surface area contributed by atoms with Crippen LogP contribution in [0.5, 0.6) is 0 Å². The van der Waals surface area contributed by atoms with Crippen molar-refractivity contribution in [2.24, 2.45) is 0 Å². The molecule has 0 aromatic heterocycles. The molecule has 0 spiro atoms. The van der Waals surface area contributed by atoms with Gasteiger partial charge in [0.1, 0.15) is 0 Å². The van der Waals surface area contributed by atoms with Gasteiger partial charge < -0.3 is 10.0 Å². The Bertz CT molecular complexity index is 312. The largest absolute Gasteiger partial charge is 0.394 e. The fourth-order valence-electron chi connectivity index (χ4n) is 2.08. The lowest BCUT2D eigenvalue weighted by Crippen LogP contribution is -2.41. The number of anilines is 1. The van der Waals surface area contributed by atoms with Gasteiger partial charge in [0.2, 0.25) is 0 Å². The van der Waals surface area contributed by atoms with E-state index in [1.165, 1.54) is 12.8 Å². The molecule has 1 aliphatic rings. The number of hydrogen-bond acceptors (Lipinski definition) is 2. The van der Waals surface area contributed by atoms with E-state index in [0.717, 1.165) is 18.7 Å². The molecule has 1 heterocycles. The molecule has 1 fully saturated rings. The molecular weight excluding hydrogens is 210 g/mol. The second-order valence-corrected chi connectivity index (χ2v) is 4.35. The zero-order chi connectivity index (χ0) is 10.7. The molecule has 1 radical (unpaired) electrons. The van der Waals surface area contributed by atoms with Crippen molar-refractivity contribution in [2.45, 2.75) is 25.3 Å². The van der Waals surface area contributed by atoms with Crippen LogP contribution < -0.4 is 4.90 Å². The number of aliphatic hydroxyl groups excluding tert-OH is 1. The average Bonchev–Trinajstić information content (AvgIpc) is 2.30. The van der Waals surface area contributed by atoms with E-state index in [1.54, 1.807) is 6.07 Å². The van der Waals surface area contributed by atoms with E-state index in [9.17, 15) is 5.11 Å². The van der Waals surface area contributed by atoms with Crippen LogP contribution in [0.15, 0.2) is 18.2 Å². The predicted octanol–water partition coefficient (Wildman–Crippen LogP) is 2.49. The van der Waals surface area contributed by atoms with Crippen molar-refractivity contribution in [1.82, 2.24) is 0 Å². The molecule has 0 saturated carbocycles. The highest BCUT2D eigenvalue weighted by Gasteiger charge is 2.21. The zero-order valence-electron chi connectivity index (χ0n) is 8.62. The highest BCUT2D eigenvalue weighted by molar-refractivity contribution is 6.30. The molecule has 0 bridgehead atoms. The van der Waals surface area contributed by atoms with Crippen LogP contribution in [0.4, 0.5) is 5.69 Å². The molecule has 1 atom stereocenters. The first kappa shape index (κ1) is 10.8. The van der Waals surface area contributed by atoms with E-state index in [-0.39, 0.29) is 12.6 Å². The summed E-state index contributed by atoms with van der Waals surface area (Å²) in [6, 6.07) is 9.02. The van der Waals surface area contributed by atoms with Crippen molar-refractivity contribution in [3.63, 3.8) is 0 Å². The average molecular weight is 225 g/mol. The van der Waals surface area contributed by atoms with Crippen molar-refractivity contribution >= 4 is 17.3 Å². The molecule has 1 aromatic carbocycles. The van der Waals surface area contributed by atoms with Crippen molar-refractivity contribution in [3.8, 4) is 0 Å². The van der Waals surface area contributed by atoms with E-state index in [0.29, 0.717) is 5.02 Å². The van der Waals surface area contributed by atoms with Crippen LogP contribution in [0.1, 0.15) is 19.3 Å². The summed E-state index contributed by atoms with van der Waals surface area (Å²) in [5, 5.41) is 10.0. The highest BCUT2D eigenvalue weighted by Crippen LogP contribution is 2.25. The molecular formula is C12H15ClNO. The number of rotatable bonds is 2. The summed E-state index contributed by atoms with van der Waals surface area (Å²) in [6.45, 7) is 1.22. The van der Waals surface area contributed by atoms with Crippen LogP contribution >= 0.6 is 11.6 Å². The van der Waals surface area contributed by atoms with Crippen LogP contribution in [0, 0.1) is 6.07 Å². The Hall–Kier alpha value is -0.730. The molecule has 15 heavy (non-hydrogen) atoms. The van der Waals surface area contributed by atoms with E-state index in [1.807, 2.05) is 12.1 Å². The number of nitrogens with zero attached hydrogens (tertiary/aromatic N) is 1. The fourth-order valence-corrected chi connectivity index (χ4v) is 2.20. The van der Waals surface area contributed by atoms with E-state index in [2.05, 4.69) is 11.0 Å². The molecule has 81 valence electrons. The Morgan fingerprint density at radius 3 is 3.00 bits per heavy atom. The first-order valence-electron chi connectivity index (χ1n) is 5.36. The maximum Gasteiger partial charge on any atom is 0.0635 e. The third-order valence-corrected chi connectivity index (χ3v) is 3.14. The van der Waals surface area contributed by atoms with E-state index in [4.69, 9.17) is 11.6 Å². The van der Waals surface area contributed by atoms with Crippen LogP contribution in [0.3, 0.4) is 0 Å². The number of benzene rings is 1. The number of hydrogen-bond donors (Lipinski definition) is 1. The van der Waals surface area contributed by atoms with Gasteiger partial charge in [-0.25, -0.2) is 0 Å². The van der Waals surface area contributed by atoms with Gasteiger partial charge in [-0.15, -0.1) is 0 Å². The number of halogens is 1. The molecule has 2 rings (SSSR count). The third-order valence-electron chi connectivity index (χ3n) is 2.91. The van der Waals surface area contributed by atoms with Gasteiger partial charge in [-0.05, 0) is 37.5 Å². The van der Waals surface area contributed by atoms with Crippen LogP contribution in [0.2, 0.25) is 5.02 Å². The van der Waals surface area contributed by atoms with Crippen molar-refractivity contribution in [1.29, 1.82) is 0 Å². The molecule has 1 aliphatic heterocycles. The third kappa shape index (κ3) is 2.44. The lowest BCUT2D eigenvalue weighted by Gasteiger charge is -2.36. The van der Waals surface area contributed by atoms with Gasteiger partial charge in [-0.1, -0.05) is 11.6 Å². The zero-order valence-corrected chi connectivity index (χ0v) is 9.37. The van der Waals surface area contributed by atoms with Crippen molar-refractivity contribution in [3.05, 3.63) is 29.3 Å². The fraction of sp³-hybridized carbons (Fsp3) is 0.500. The van der Waals surface area contributed by atoms with Gasteiger partial charge >= 0.3 is 0 Å². The maximum absolute atomic E-state index is 9.30. The molecule has 0 aliphatic carbocycles. The molecule has 2 nitrogen and oxygen atoms in total. The lowest BCUT2D eigenvalue weighted by molar-refractivity contribution is 0.240. The minimum atomic E-state index is 0.219. The smallest absolute Gasteiger partial charge is 0.0635 e. The topological polar surface area (TPSA) is 23.5 Å². The summed E-state index contributed by atoms with van der Waals surface area (Å²) in [7, 11) is 0. The second-order valence-electron chi connectivity index (χ2n) is 3.92. The first-order valence-corrected chi connectivity index (χ1v) is 5.74. The predicted molar refractivity (Wildman–Crippen MR) is 62.4 cm³/mol. The van der Waals surface area contributed by atoms with Crippen LogP contribution in [-0.2, 0) is 0 Å². The normalized spacial score (nSPS) is 21.7. The summed E-state index contributed by atoms with van der Waals surface area (Å²) >= 11 is 5.82. The molecule has 1 aromatic rings. The molecule has 0 amide bonds. The van der Waals surface area contributed by atoms with Gasteiger partial charge in [-0.3, -0.25) is 0 Å². The SMILES string of the molecule is OCC1CCCCN1c1[c]cc(Cl)cc1. The number of piperidine rings is 1. The molecule has 1 N–H and O–H groups in total. The van der Waals surface area contributed by atoms with Gasteiger partial charge in [0, 0.05) is 23.3 Å². The minimum Gasteiger partial charge on any atom is -0.394 e. The standard InChI is InChI=1S/C12H15ClNO/c13-10-4-6-11(7-5-10)14-8-2-1-3-12(14)9-15/h4-6,12,15H,1-3,8-9H2. The van der Waals surface area contributed by atoms with E-state index >= 15 is 0 Å². The summed E-state index contributed by atoms with van der Waals surface area (Å²) in [5.74, 6) is 0. The van der Waals surface area contributed by atoms with Crippen LogP contribution in [-0.4, -0.2) is 24.3 Å². The summed E-state index contributed by atoms with van der Waals surface area (Å²) in [6.07, 6.45) is 3.45. The Morgan fingerprint density at radius 2 is 2.33 bits per heavy atom. The summed E-state index contributed by atoms with van der Waals surface area (Å²) in [5.41, 5.74) is 1.04. The van der Waals surface area contributed by atoms with Crippen LogP contribution in [0.25, 0.3) is 0 Å². The van der Waals surface area contributed by atoms with E-state index < -0.39 is 0 Å². The first-order chi connectivity index (χ1) is 7.31. The Morgan fingerprint density at radius 1 is 1.47 bits per heavy atom. The number of aliphatic hydroxyl groups is 1. The summed E-state index contributed by atoms with van der Waals surface area (Å²) in [4.78, 5) is 2.22. The highest BCUT2D eigenvalue weighted by atomic mass is 35.5. The van der Waals surface area contributed by atoms with Crippen molar-refractivity contribution < 1.29 is 5.11 Å². The Labute approximate surface area is 95.5 Å². The van der Waals surface area contributed by atoms with Gasteiger partial charge in [0.25, 0.3) is 0 Å². The molecule has 1 saturated heterocycles. The minimum absolute atomic E-state index is 0.219. The maximum atomic E-state index is 9.30. The Balaban J connectivity index is 2.16. The monoisotopic (exact) mass is 224 g/mol. The van der Waals surface area contributed by atoms with Gasteiger partial charge in [-0.2, -0.15) is 0 Å². The van der Waals surface area contributed by atoms with Crippen molar-refractivity contribution in [2.75, 3.05) is 18.1 Å². The molecule has 3 heteroatoms. The second kappa shape index (κ2) is 4.86. The molecule has 1 unspecified atom stereocenters. The lowest BCUT2D eigenvalue weighted by atomic mass is 10.0. The quantitative estimate of drug-likeness (QED) is 0.835. The van der Waals surface area contributed by atoms with Gasteiger partial charge in [0.15, 0.2) is 0 Å².